The minimum atomic E-state index is -0.732. The number of carbonyl (C=O) groups is 1. The van der Waals surface area contributed by atoms with Gasteiger partial charge < -0.3 is 9.76 Å². The molecule has 0 amide bonds. The van der Waals surface area contributed by atoms with Crippen LogP contribution >= 0.6 is 0 Å². The Kier molecular flexibility index (Phi) is 4.27. The molecule has 1 aliphatic heterocycles. The van der Waals surface area contributed by atoms with Gasteiger partial charge in [-0.2, -0.15) is 0 Å². The number of nitrogens with zero attached hydrogens (tertiary/aromatic N) is 1. The molecule has 22 heavy (non-hydrogen) atoms. The Labute approximate surface area is 130 Å². The standard InChI is InChI=1S/C17H18BNO3/c1-18(21)19-12-15(20)22-17(14-10-6-3-7-11-14)16(19)13-8-4-2-5-9-13/h2-11,16-17,21H,12H2,1H3/t16-,17+/m1/s1. The molecule has 3 rings (SSSR count). The van der Waals surface area contributed by atoms with Gasteiger partial charge in [0.2, 0.25) is 0 Å². The van der Waals surface area contributed by atoms with E-state index in [0.717, 1.165) is 11.1 Å². The van der Waals surface area contributed by atoms with E-state index in [0.29, 0.717) is 0 Å². The van der Waals surface area contributed by atoms with Gasteiger partial charge in [0.15, 0.2) is 0 Å². The van der Waals surface area contributed by atoms with E-state index in [1.54, 1.807) is 11.6 Å². The zero-order valence-electron chi connectivity index (χ0n) is 12.4. The van der Waals surface area contributed by atoms with Crippen LogP contribution in [-0.2, 0) is 9.53 Å². The number of ether oxygens (including phenoxy) is 1. The Morgan fingerprint density at radius 1 is 1.05 bits per heavy atom. The largest absolute Gasteiger partial charge is 0.455 e. The maximum absolute atomic E-state index is 12.0. The fraction of sp³-hybridized carbons (Fsp3) is 0.235. The van der Waals surface area contributed by atoms with Crippen LogP contribution in [0.1, 0.15) is 23.3 Å². The highest BCUT2D eigenvalue weighted by Crippen LogP contribution is 2.40. The third-order valence-corrected chi connectivity index (χ3v) is 3.96. The average Bonchev–Trinajstić information content (AvgIpc) is 2.55. The van der Waals surface area contributed by atoms with Crippen LogP contribution < -0.4 is 0 Å². The fourth-order valence-corrected chi connectivity index (χ4v) is 2.94. The highest BCUT2D eigenvalue weighted by Gasteiger charge is 2.41. The van der Waals surface area contributed by atoms with E-state index in [-0.39, 0.29) is 18.6 Å². The second-order valence-corrected chi connectivity index (χ2v) is 5.48. The summed E-state index contributed by atoms with van der Waals surface area (Å²) < 4.78 is 5.63. The molecule has 1 saturated heterocycles. The van der Waals surface area contributed by atoms with E-state index in [9.17, 15) is 9.82 Å². The van der Waals surface area contributed by atoms with Gasteiger partial charge in [-0.15, -0.1) is 0 Å². The van der Waals surface area contributed by atoms with E-state index in [4.69, 9.17) is 4.74 Å². The van der Waals surface area contributed by atoms with Crippen LogP contribution in [0.15, 0.2) is 60.7 Å². The first-order valence-electron chi connectivity index (χ1n) is 7.40. The van der Waals surface area contributed by atoms with Crippen LogP contribution in [0.5, 0.6) is 0 Å². The summed E-state index contributed by atoms with van der Waals surface area (Å²) in [7, 11) is -0.732. The molecule has 1 N–H and O–H groups in total. The Bertz CT molecular complexity index is 633. The maximum Gasteiger partial charge on any atom is 0.377 e. The molecule has 5 heteroatoms. The number of carbonyl (C=O) groups excluding carboxylic acids is 1. The highest BCUT2D eigenvalue weighted by atomic mass is 16.5. The number of cyclic esters (lactones) is 1. The second-order valence-electron chi connectivity index (χ2n) is 5.48. The topological polar surface area (TPSA) is 49.8 Å². The SMILES string of the molecule is CB(O)N1CC(=O)O[C@@H](c2ccccc2)[C@H]1c1ccccc1. The summed E-state index contributed by atoms with van der Waals surface area (Å²) in [4.78, 5) is 13.7. The lowest BCUT2D eigenvalue weighted by molar-refractivity contribution is -0.162. The van der Waals surface area contributed by atoms with E-state index >= 15 is 0 Å². The monoisotopic (exact) mass is 295 g/mol. The molecular weight excluding hydrogens is 277 g/mol. The van der Waals surface area contributed by atoms with Crippen LogP contribution in [0.2, 0.25) is 6.82 Å². The first kappa shape index (κ1) is 14.8. The fourth-order valence-electron chi connectivity index (χ4n) is 2.94. The van der Waals surface area contributed by atoms with Gasteiger partial charge in [-0.25, -0.2) is 0 Å². The molecule has 0 unspecified atom stereocenters. The van der Waals surface area contributed by atoms with Crippen molar-refractivity contribution in [2.45, 2.75) is 19.0 Å². The van der Waals surface area contributed by atoms with Crippen molar-refractivity contribution < 1.29 is 14.6 Å². The summed E-state index contributed by atoms with van der Waals surface area (Å²) in [5.41, 5.74) is 1.94. The lowest BCUT2D eigenvalue weighted by Gasteiger charge is -2.41. The highest BCUT2D eigenvalue weighted by molar-refractivity contribution is 6.45. The molecule has 4 nitrogen and oxygen atoms in total. The summed E-state index contributed by atoms with van der Waals surface area (Å²) >= 11 is 0. The molecule has 0 saturated carbocycles. The zero-order chi connectivity index (χ0) is 15.5. The lowest BCUT2D eigenvalue weighted by atomic mass is 9.78. The molecule has 0 spiro atoms. The maximum atomic E-state index is 12.0. The van der Waals surface area contributed by atoms with Gasteiger partial charge >= 0.3 is 13.0 Å². The molecule has 1 heterocycles. The van der Waals surface area contributed by atoms with Crippen molar-refractivity contribution >= 4 is 13.0 Å². The lowest BCUT2D eigenvalue weighted by Crippen LogP contribution is -2.50. The van der Waals surface area contributed by atoms with Crippen molar-refractivity contribution in [2.75, 3.05) is 6.54 Å². The average molecular weight is 295 g/mol. The summed E-state index contributed by atoms with van der Waals surface area (Å²) in [6.07, 6.45) is -0.431. The van der Waals surface area contributed by atoms with Crippen molar-refractivity contribution in [2.24, 2.45) is 0 Å². The third-order valence-electron chi connectivity index (χ3n) is 3.96. The van der Waals surface area contributed by atoms with E-state index in [2.05, 4.69) is 0 Å². The molecule has 2 atom stereocenters. The molecule has 0 bridgehead atoms. The number of morpholine rings is 1. The minimum Gasteiger partial charge on any atom is -0.455 e. The van der Waals surface area contributed by atoms with Crippen LogP contribution in [0.3, 0.4) is 0 Å². The number of hydrogen-bond acceptors (Lipinski definition) is 4. The molecule has 2 aromatic carbocycles. The normalized spacial score (nSPS) is 22.2. The predicted molar refractivity (Wildman–Crippen MR) is 85.0 cm³/mol. The molecule has 112 valence electrons. The van der Waals surface area contributed by atoms with Crippen molar-refractivity contribution in [1.29, 1.82) is 0 Å². The van der Waals surface area contributed by atoms with Gasteiger partial charge in [-0.05, 0) is 17.9 Å². The van der Waals surface area contributed by atoms with Crippen molar-refractivity contribution in [1.82, 2.24) is 4.81 Å². The summed E-state index contributed by atoms with van der Waals surface area (Å²) in [6, 6.07) is 19.3. The third kappa shape index (κ3) is 2.91. The van der Waals surface area contributed by atoms with Crippen LogP contribution in [0.25, 0.3) is 0 Å². The van der Waals surface area contributed by atoms with Gasteiger partial charge in [0, 0.05) is 0 Å². The smallest absolute Gasteiger partial charge is 0.377 e. The van der Waals surface area contributed by atoms with Crippen LogP contribution in [-0.4, -0.2) is 29.4 Å². The predicted octanol–water partition coefficient (Wildman–Crippen LogP) is 2.44. The zero-order valence-corrected chi connectivity index (χ0v) is 12.4. The molecular formula is C17H18BNO3. The Morgan fingerprint density at radius 2 is 1.59 bits per heavy atom. The first-order valence-corrected chi connectivity index (χ1v) is 7.40. The van der Waals surface area contributed by atoms with Crippen molar-refractivity contribution in [3.8, 4) is 0 Å². The van der Waals surface area contributed by atoms with E-state index < -0.39 is 13.2 Å². The second kappa shape index (κ2) is 6.34. The van der Waals surface area contributed by atoms with E-state index in [1.807, 2.05) is 60.7 Å². The van der Waals surface area contributed by atoms with Crippen LogP contribution in [0.4, 0.5) is 0 Å². The Morgan fingerprint density at radius 3 is 2.14 bits per heavy atom. The Hall–Kier alpha value is -2.11. The first-order chi connectivity index (χ1) is 10.7. The molecule has 0 radical (unpaired) electrons. The number of rotatable bonds is 3. The van der Waals surface area contributed by atoms with Gasteiger partial charge in [0.1, 0.15) is 6.10 Å². The van der Waals surface area contributed by atoms with Gasteiger partial charge in [0.05, 0.1) is 12.6 Å². The van der Waals surface area contributed by atoms with Gasteiger partial charge in [0.25, 0.3) is 0 Å². The number of hydrogen-bond donors (Lipinski definition) is 1. The minimum absolute atomic E-state index is 0.0839. The van der Waals surface area contributed by atoms with Gasteiger partial charge in [-0.1, -0.05) is 60.7 Å². The summed E-state index contributed by atoms with van der Waals surface area (Å²) in [5.74, 6) is -0.318. The molecule has 0 aromatic heterocycles. The quantitative estimate of drug-likeness (QED) is 0.698. The molecule has 0 aliphatic carbocycles. The molecule has 2 aromatic rings. The molecule has 1 fully saturated rings. The van der Waals surface area contributed by atoms with Crippen LogP contribution in [0, 0.1) is 0 Å². The summed E-state index contributed by atoms with van der Waals surface area (Å²) in [6.45, 7) is 1.76. The number of esters is 1. The van der Waals surface area contributed by atoms with Crippen molar-refractivity contribution in [3.05, 3.63) is 71.8 Å². The molecule has 1 aliphatic rings. The van der Waals surface area contributed by atoms with Gasteiger partial charge in [-0.3, -0.25) is 9.61 Å². The van der Waals surface area contributed by atoms with Crippen molar-refractivity contribution in [3.63, 3.8) is 0 Å². The number of benzene rings is 2. The van der Waals surface area contributed by atoms with E-state index in [1.165, 1.54) is 0 Å². The Balaban J connectivity index is 2.05. The summed E-state index contributed by atoms with van der Waals surface area (Å²) in [5, 5.41) is 10.1.